The van der Waals surface area contributed by atoms with Gasteiger partial charge < -0.3 is 18.9 Å². The van der Waals surface area contributed by atoms with Crippen molar-refractivity contribution in [3.05, 3.63) is 108 Å². The first-order chi connectivity index (χ1) is 32.2. The molecule has 4 aliphatic rings. The van der Waals surface area contributed by atoms with E-state index in [2.05, 4.69) is 93.6 Å². The van der Waals surface area contributed by atoms with Crippen molar-refractivity contribution in [1.29, 1.82) is 0 Å². The van der Waals surface area contributed by atoms with E-state index in [0.717, 1.165) is 93.2 Å². The molecular weight excluding hydrogens is 929 g/mol. The normalized spacial score (nSPS) is 30.3. The third kappa shape index (κ3) is 12.5. The molecule has 0 aromatic heterocycles. The minimum Gasteiger partial charge on any atom is -0.376 e. The standard InChI is InChI=1S/C52H74O13S3/c1-38(17-16-28-62-52(39-18-10-7-11-19-39,40-20-12-8-13-21-40)41-22-14-9-15-23-41)44-24-25-45-49-46(37-48(51(44,45)3)61-31-34-65-68(6,57)58)50(2)27-26-43(59-29-32-63-66(4,53)54)35-42(50)36-47(49)60-30-33-64-67(5,55)56/h7-15,18-23,38,42-49H,16-17,24-37H2,1-6H3/t38-,42?,43+,44-,45+,46+,47-,48+,49?,50+,51-/m1/s1. The highest BCUT2D eigenvalue weighted by Crippen LogP contribution is 2.69. The van der Waals surface area contributed by atoms with Crippen molar-refractivity contribution in [2.24, 2.45) is 46.3 Å². The van der Waals surface area contributed by atoms with Crippen molar-refractivity contribution < 1.29 is 56.8 Å². The maximum Gasteiger partial charge on any atom is 0.264 e. The predicted octanol–water partition coefficient (Wildman–Crippen LogP) is 8.37. The lowest BCUT2D eigenvalue weighted by atomic mass is 9.43. The van der Waals surface area contributed by atoms with Crippen LogP contribution in [-0.2, 0) is 67.5 Å². The SMILES string of the molecule is C[C@H](CCCOC(c1ccccc1)(c1ccccc1)c1ccccc1)[C@H]1CC[C@H]2C3[C@H](OCCOS(C)(=O)=O)CC4C[C@@H](OCCOS(C)(=O)=O)CC[C@]4(C)[C@H]3C[C@H](OCCOS(C)(=O)=O)[C@]12C. The molecule has 0 bridgehead atoms. The zero-order chi connectivity index (χ0) is 48.8. The van der Waals surface area contributed by atoms with E-state index in [-0.39, 0.29) is 98.4 Å². The van der Waals surface area contributed by atoms with E-state index in [4.69, 9.17) is 31.5 Å². The van der Waals surface area contributed by atoms with Crippen LogP contribution < -0.4 is 0 Å². The van der Waals surface area contributed by atoms with E-state index in [1.165, 1.54) is 0 Å². The van der Waals surface area contributed by atoms with Gasteiger partial charge in [-0.2, -0.15) is 25.3 Å². The van der Waals surface area contributed by atoms with Crippen molar-refractivity contribution in [3.8, 4) is 0 Å². The smallest absolute Gasteiger partial charge is 0.264 e. The molecule has 3 aromatic rings. The third-order valence-corrected chi connectivity index (χ3v) is 18.0. The minimum atomic E-state index is -3.66. The summed E-state index contributed by atoms with van der Waals surface area (Å²) in [7, 11) is -10.9. The van der Waals surface area contributed by atoms with Gasteiger partial charge in [0.2, 0.25) is 0 Å². The second-order valence-corrected chi connectivity index (χ2v) is 25.3. The van der Waals surface area contributed by atoms with Crippen molar-refractivity contribution >= 4 is 30.4 Å². The number of fused-ring (bicyclic) bond motifs is 5. The Morgan fingerprint density at radius 1 is 0.588 bits per heavy atom. The van der Waals surface area contributed by atoms with Gasteiger partial charge in [0.1, 0.15) is 5.60 Å². The molecule has 13 nitrogen and oxygen atoms in total. The molecule has 4 fully saturated rings. The van der Waals surface area contributed by atoms with Gasteiger partial charge in [-0.05, 0) is 115 Å². The Bertz CT molecular complexity index is 2310. The Kier molecular flexibility index (Phi) is 17.4. The number of benzene rings is 3. The van der Waals surface area contributed by atoms with Crippen molar-refractivity contribution in [1.82, 2.24) is 0 Å². The van der Waals surface area contributed by atoms with E-state index in [1.807, 2.05) is 18.2 Å². The first-order valence-electron chi connectivity index (χ1n) is 24.4. The lowest BCUT2D eigenvalue weighted by molar-refractivity contribution is -0.229. The lowest BCUT2D eigenvalue weighted by Crippen LogP contribution is -2.63. The fraction of sp³-hybridized carbons (Fsp3) is 0.654. The van der Waals surface area contributed by atoms with Crippen LogP contribution >= 0.6 is 0 Å². The van der Waals surface area contributed by atoms with Crippen molar-refractivity contribution in [2.45, 2.75) is 102 Å². The number of hydrogen-bond donors (Lipinski definition) is 0. The van der Waals surface area contributed by atoms with Gasteiger partial charge in [0.05, 0.1) is 76.7 Å². The van der Waals surface area contributed by atoms with Crippen LogP contribution in [0.1, 0.15) is 95.2 Å². The number of rotatable bonds is 24. The van der Waals surface area contributed by atoms with Crippen LogP contribution in [0, 0.1) is 46.3 Å². The van der Waals surface area contributed by atoms with E-state index in [1.54, 1.807) is 0 Å². The van der Waals surface area contributed by atoms with E-state index >= 15 is 0 Å². The molecule has 7 rings (SSSR count). The highest BCUT2D eigenvalue weighted by Gasteiger charge is 2.66. The molecule has 16 heteroatoms. The predicted molar refractivity (Wildman–Crippen MR) is 261 cm³/mol. The van der Waals surface area contributed by atoms with Crippen LogP contribution in [0.25, 0.3) is 0 Å². The first kappa shape index (κ1) is 53.0. The molecule has 0 spiro atoms. The topological polar surface area (TPSA) is 167 Å². The molecule has 3 aromatic carbocycles. The van der Waals surface area contributed by atoms with Crippen LogP contribution in [0.5, 0.6) is 0 Å². The zero-order valence-electron chi connectivity index (χ0n) is 40.7. The quantitative estimate of drug-likeness (QED) is 0.0478. The van der Waals surface area contributed by atoms with Crippen LogP contribution in [0.2, 0.25) is 0 Å². The van der Waals surface area contributed by atoms with Crippen LogP contribution in [-0.4, -0.2) is 109 Å². The molecule has 4 saturated carbocycles. The van der Waals surface area contributed by atoms with Crippen LogP contribution in [0.4, 0.5) is 0 Å². The molecule has 68 heavy (non-hydrogen) atoms. The Morgan fingerprint density at radius 3 is 1.60 bits per heavy atom. The summed E-state index contributed by atoms with van der Waals surface area (Å²) in [5.41, 5.74) is 2.01. The van der Waals surface area contributed by atoms with Gasteiger partial charge in [-0.3, -0.25) is 12.5 Å². The summed E-state index contributed by atoms with van der Waals surface area (Å²) in [4.78, 5) is 0. The summed E-state index contributed by atoms with van der Waals surface area (Å²) in [6.07, 6.45) is 10.5. The summed E-state index contributed by atoms with van der Waals surface area (Å²) in [6, 6.07) is 31.3. The Labute approximate surface area is 406 Å². The Morgan fingerprint density at radius 2 is 1.09 bits per heavy atom. The van der Waals surface area contributed by atoms with Crippen LogP contribution in [0.15, 0.2) is 91.0 Å². The molecule has 378 valence electrons. The Hall–Kier alpha value is -2.77. The summed E-state index contributed by atoms with van der Waals surface area (Å²) >= 11 is 0. The van der Waals surface area contributed by atoms with E-state index < -0.39 is 36.0 Å². The summed E-state index contributed by atoms with van der Waals surface area (Å²) in [5.74, 6) is 1.37. The summed E-state index contributed by atoms with van der Waals surface area (Å²) in [5, 5.41) is 0. The second kappa shape index (κ2) is 22.3. The van der Waals surface area contributed by atoms with Crippen molar-refractivity contribution in [3.63, 3.8) is 0 Å². The number of ether oxygens (including phenoxy) is 4. The minimum absolute atomic E-state index is 0.0428. The van der Waals surface area contributed by atoms with Crippen LogP contribution in [0.3, 0.4) is 0 Å². The molecule has 0 aliphatic heterocycles. The lowest BCUT2D eigenvalue weighted by Gasteiger charge is -2.64. The van der Waals surface area contributed by atoms with Gasteiger partial charge in [-0.25, -0.2) is 0 Å². The molecule has 2 unspecified atom stereocenters. The fourth-order valence-electron chi connectivity index (χ4n) is 13.4. The summed E-state index contributed by atoms with van der Waals surface area (Å²) in [6.45, 7) is 7.96. The first-order valence-corrected chi connectivity index (χ1v) is 29.9. The van der Waals surface area contributed by atoms with E-state index in [9.17, 15) is 25.3 Å². The molecule has 4 aliphatic carbocycles. The van der Waals surface area contributed by atoms with E-state index in [0.29, 0.717) is 12.5 Å². The Balaban J connectivity index is 1.14. The average Bonchev–Trinajstić information content (AvgIpc) is 3.66. The third-order valence-electron chi connectivity index (χ3n) is 16.3. The largest absolute Gasteiger partial charge is 0.376 e. The summed E-state index contributed by atoms with van der Waals surface area (Å²) < 4.78 is 114. The molecule has 0 saturated heterocycles. The van der Waals surface area contributed by atoms with Gasteiger partial charge in [0.25, 0.3) is 30.4 Å². The molecule has 11 atom stereocenters. The van der Waals surface area contributed by atoms with Gasteiger partial charge >= 0.3 is 0 Å². The highest BCUT2D eigenvalue weighted by molar-refractivity contribution is 7.86. The molecule has 0 N–H and O–H groups in total. The van der Waals surface area contributed by atoms with Gasteiger partial charge in [0, 0.05) is 12.0 Å². The van der Waals surface area contributed by atoms with Crippen molar-refractivity contribution in [2.75, 3.05) is 65.0 Å². The maximum atomic E-state index is 12.1. The maximum absolute atomic E-state index is 12.1. The second-order valence-electron chi connectivity index (χ2n) is 20.4. The molecule has 0 amide bonds. The average molecular weight is 1000 g/mol. The molecular formula is C52H74O13S3. The highest BCUT2D eigenvalue weighted by atomic mass is 32.2. The van der Waals surface area contributed by atoms with Gasteiger partial charge in [-0.15, -0.1) is 0 Å². The molecule has 0 heterocycles. The monoisotopic (exact) mass is 1000 g/mol. The number of hydrogen-bond acceptors (Lipinski definition) is 13. The molecule has 0 radical (unpaired) electrons. The van der Waals surface area contributed by atoms with Gasteiger partial charge in [0.15, 0.2) is 0 Å². The fourth-order valence-corrected chi connectivity index (χ4v) is 14.5. The zero-order valence-corrected chi connectivity index (χ0v) is 43.2. The van der Waals surface area contributed by atoms with Gasteiger partial charge in [-0.1, -0.05) is 112 Å².